The number of ether oxygens (including phenoxy) is 6. The predicted octanol–water partition coefficient (Wildman–Crippen LogP) is 6.45. The molecule has 0 fully saturated rings. The highest BCUT2D eigenvalue weighted by molar-refractivity contribution is 5.96. The molecule has 11 heteroatoms. The van der Waals surface area contributed by atoms with Crippen LogP contribution >= 0.6 is 0 Å². The van der Waals surface area contributed by atoms with E-state index in [1.165, 1.54) is 35.5 Å². The van der Waals surface area contributed by atoms with Crippen molar-refractivity contribution in [3.05, 3.63) is 132 Å². The van der Waals surface area contributed by atoms with Crippen LogP contribution in [0.4, 0.5) is 4.79 Å². The average molecular weight is 689 g/mol. The summed E-state index contributed by atoms with van der Waals surface area (Å²) in [6.45, 7) is 3.90. The van der Waals surface area contributed by atoms with Crippen molar-refractivity contribution < 1.29 is 52.4 Å². The third-order valence-electron chi connectivity index (χ3n) is 6.73. The maximum absolute atomic E-state index is 11.7. The Labute approximate surface area is 293 Å². The first-order valence-electron chi connectivity index (χ1n) is 15.3. The Bertz CT molecular complexity index is 1490. The van der Waals surface area contributed by atoms with E-state index >= 15 is 0 Å². The Hall–Kier alpha value is -5.97. The molecule has 0 aliphatic rings. The van der Waals surface area contributed by atoms with Gasteiger partial charge in [-0.3, -0.25) is 19.2 Å². The SMILES string of the molecule is C=C[C@H](c1ccccc1)C(C(=O)OC)C(=O)OC.COC(=O)C(C/C=C/c1ccccc1)C(=O)OC.COC(=O)OC/C=C/c1ccccc1. The molecule has 0 unspecified atom stereocenters. The molecule has 3 aromatic rings. The Kier molecular flexibility index (Phi) is 21.1. The molecule has 0 saturated heterocycles. The zero-order valence-corrected chi connectivity index (χ0v) is 28.9. The number of methoxy groups -OCH3 is 5. The molecule has 0 amide bonds. The molecule has 0 spiro atoms. The number of esters is 4. The normalized spacial score (nSPS) is 10.9. The molecule has 0 heterocycles. The van der Waals surface area contributed by atoms with Gasteiger partial charge < -0.3 is 28.4 Å². The number of carbonyl (C=O) groups is 5. The van der Waals surface area contributed by atoms with E-state index in [9.17, 15) is 24.0 Å². The summed E-state index contributed by atoms with van der Waals surface area (Å²) < 4.78 is 27.4. The molecule has 266 valence electrons. The number of allylic oxidation sites excluding steroid dienone is 2. The molecular formula is C39H44O11. The fraction of sp³-hybridized carbons (Fsp3) is 0.256. The van der Waals surface area contributed by atoms with Gasteiger partial charge in [-0.25, -0.2) is 4.79 Å². The van der Waals surface area contributed by atoms with Crippen LogP contribution in [0.15, 0.2) is 116 Å². The van der Waals surface area contributed by atoms with E-state index < -0.39 is 47.8 Å². The Morgan fingerprint density at radius 3 is 1.40 bits per heavy atom. The van der Waals surface area contributed by atoms with Crippen molar-refractivity contribution in [2.24, 2.45) is 11.8 Å². The van der Waals surface area contributed by atoms with Crippen molar-refractivity contribution in [3.8, 4) is 0 Å². The van der Waals surface area contributed by atoms with Crippen LogP contribution in [0, 0.1) is 11.8 Å². The molecule has 11 nitrogen and oxygen atoms in total. The summed E-state index contributed by atoms with van der Waals surface area (Å²) in [6, 6.07) is 28.6. The fourth-order valence-electron chi connectivity index (χ4n) is 4.18. The number of rotatable bonds is 13. The quantitative estimate of drug-likeness (QED) is 0.0846. The van der Waals surface area contributed by atoms with Crippen LogP contribution in [0.1, 0.15) is 29.0 Å². The minimum atomic E-state index is -1.03. The van der Waals surface area contributed by atoms with Gasteiger partial charge in [-0.1, -0.05) is 115 Å². The number of hydrogen-bond donors (Lipinski definition) is 0. The topological polar surface area (TPSA) is 141 Å². The summed E-state index contributed by atoms with van der Waals surface area (Å²) in [6.07, 6.45) is 8.38. The van der Waals surface area contributed by atoms with Gasteiger partial charge in [-0.2, -0.15) is 0 Å². The maximum Gasteiger partial charge on any atom is 0.508 e. The molecule has 0 aliphatic carbocycles. The van der Waals surface area contributed by atoms with Gasteiger partial charge in [0.15, 0.2) is 11.8 Å². The highest BCUT2D eigenvalue weighted by Gasteiger charge is 2.36. The number of carbonyl (C=O) groups excluding carboxylic acids is 5. The maximum atomic E-state index is 11.7. The molecule has 0 aliphatic heterocycles. The molecule has 0 bridgehead atoms. The zero-order valence-electron chi connectivity index (χ0n) is 28.9. The lowest BCUT2D eigenvalue weighted by molar-refractivity contribution is -0.160. The van der Waals surface area contributed by atoms with E-state index in [1.807, 2.05) is 103 Å². The summed E-state index contributed by atoms with van der Waals surface area (Å²) in [7, 11) is 6.26. The molecule has 50 heavy (non-hydrogen) atoms. The molecule has 3 aromatic carbocycles. The second-order valence-corrected chi connectivity index (χ2v) is 9.92. The van der Waals surface area contributed by atoms with Crippen molar-refractivity contribution in [2.45, 2.75) is 12.3 Å². The number of benzene rings is 3. The second kappa shape index (κ2) is 25.1. The summed E-state index contributed by atoms with van der Waals surface area (Å²) in [4.78, 5) is 56.8. The van der Waals surface area contributed by atoms with Crippen LogP contribution in [0.5, 0.6) is 0 Å². The molecule has 0 N–H and O–H groups in total. The minimum Gasteiger partial charge on any atom is -0.468 e. The van der Waals surface area contributed by atoms with Gasteiger partial charge in [-0.05, 0) is 29.2 Å². The van der Waals surface area contributed by atoms with Gasteiger partial charge in [0.2, 0.25) is 0 Å². The molecule has 0 aromatic heterocycles. The van der Waals surface area contributed by atoms with Crippen LogP contribution in [-0.4, -0.2) is 72.2 Å². The molecule has 0 radical (unpaired) electrons. The van der Waals surface area contributed by atoms with Crippen LogP contribution in [0.3, 0.4) is 0 Å². The Morgan fingerprint density at radius 1 is 0.580 bits per heavy atom. The molecule has 3 rings (SSSR count). The fourth-order valence-corrected chi connectivity index (χ4v) is 4.18. The van der Waals surface area contributed by atoms with Crippen molar-refractivity contribution in [1.82, 2.24) is 0 Å². The van der Waals surface area contributed by atoms with Crippen molar-refractivity contribution >= 4 is 42.2 Å². The standard InChI is InChI=1S/2C14H16O4.C11H12O3/c1-17-13(15)12(14(16)18-2)10-6-9-11-7-4-3-5-8-11;1-4-11(10-8-6-5-7-9-10)12(13(15)17-2)14(16)18-3;1-13-11(12)14-9-5-8-10-6-3-2-4-7-10/h3-9,12H,10H2,1-2H3;4-9,11-12H,1H2,2-3H3;2-8H,9H2,1H3/b9-6+;;8-5+/t;11-;/m.1./s1. The third kappa shape index (κ3) is 15.7. The van der Waals surface area contributed by atoms with E-state index in [0.717, 1.165) is 16.7 Å². The van der Waals surface area contributed by atoms with Gasteiger partial charge in [0.1, 0.15) is 6.61 Å². The van der Waals surface area contributed by atoms with Gasteiger partial charge >= 0.3 is 30.0 Å². The average Bonchev–Trinajstić information content (AvgIpc) is 3.17. The van der Waals surface area contributed by atoms with Gasteiger partial charge in [0.25, 0.3) is 0 Å². The zero-order chi connectivity index (χ0) is 37.1. The van der Waals surface area contributed by atoms with E-state index in [4.69, 9.17) is 0 Å². The summed E-state index contributed by atoms with van der Waals surface area (Å²) in [5, 5.41) is 0. The first-order chi connectivity index (χ1) is 24.2. The first kappa shape index (κ1) is 42.1. The Morgan fingerprint density at radius 2 is 1.00 bits per heavy atom. The van der Waals surface area contributed by atoms with Gasteiger partial charge in [0.05, 0.1) is 35.5 Å². The largest absolute Gasteiger partial charge is 0.508 e. The van der Waals surface area contributed by atoms with E-state index in [2.05, 4.69) is 35.0 Å². The van der Waals surface area contributed by atoms with Gasteiger partial charge in [0, 0.05) is 5.92 Å². The first-order valence-corrected chi connectivity index (χ1v) is 15.3. The van der Waals surface area contributed by atoms with Crippen molar-refractivity contribution in [1.29, 1.82) is 0 Å². The minimum absolute atomic E-state index is 0.224. The summed E-state index contributed by atoms with van der Waals surface area (Å²) in [5.74, 6) is -4.82. The van der Waals surface area contributed by atoms with E-state index in [-0.39, 0.29) is 13.0 Å². The smallest absolute Gasteiger partial charge is 0.468 e. The van der Waals surface area contributed by atoms with Crippen molar-refractivity contribution in [2.75, 3.05) is 42.2 Å². The monoisotopic (exact) mass is 688 g/mol. The lowest BCUT2D eigenvalue weighted by Gasteiger charge is -2.20. The summed E-state index contributed by atoms with van der Waals surface area (Å²) in [5.41, 5.74) is 2.89. The second-order valence-electron chi connectivity index (χ2n) is 9.92. The summed E-state index contributed by atoms with van der Waals surface area (Å²) >= 11 is 0. The predicted molar refractivity (Wildman–Crippen MR) is 188 cm³/mol. The molecular weight excluding hydrogens is 644 g/mol. The van der Waals surface area contributed by atoms with E-state index in [1.54, 1.807) is 18.2 Å². The number of hydrogen-bond acceptors (Lipinski definition) is 11. The highest BCUT2D eigenvalue weighted by atomic mass is 16.7. The lowest BCUT2D eigenvalue weighted by atomic mass is 9.86. The van der Waals surface area contributed by atoms with Crippen LogP contribution in [0.2, 0.25) is 0 Å². The third-order valence-corrected chi connectivity index (χ3v) is 6.73. The Balaban J connectivity index is 0.000000378. The lowest BCUT2D eigenvalue weighted by Crippen LogP contribution is -2.31. The molecule has 0 saturated carbocycles. The van der Waals surface area contributed by atoms with Crippen LogP contribution in [-0.2, 0) is 47.6 Å². The van der Waals surface area contributed by atoms with Gasteiger partial charge in [-0.15, -0.1) is 6.58 Å². The van der Waals surface area contributed by atoms with Crippen LogP contribution in [0.25, 0.3) is 12.2 Å². The molecule has 1 atom stereocenters. The highest BCUT2D eigenvalue weighted by Crippen LogP contribution is 2.28. The van der Waals surface area contributed by atoms with E-state index in [0.29, 0.717) is 0 Å². The van der Waals surface area contributed by atoms with Crippen molar-refractivity contribution in [3.63, 3.8) is 0 Å². The van der Waals surface area contributed by atoms with Crippen LogP contribution < -0.4 is 0 Å².